The van der Waals surface area contributed by atoms with Crippen LogP contribution in [0, 0.1) is 22.6 Å². The Morgan fingerprint density at radius 1 is 1.27 bits per heavy atom. The number of carbonyl (C=O) groups is 3. The molecule has 0 bridgehead atoms. The third kappa shape index (κ3) is 6.05. The molecular weight excluding hydrogens is 617 g/mol. The quantitative estimate of drug-likeness (QED) is 0.325. The number of rotatable bonds is 8. The number of halogens is 4. The first-order valence-electron chi connectivity index (χ1n) is 13.8. The maximum atomic E-state index is 15.0. The molecule has 2 heterocycles. The average Bonchev–Trinajstić information content (AvgIpc) is 3.36. The number of nitrogens with zero attached hydrogens (tertiary/aromatic N) is 5. The van der Waals surface area contributed by atoms with Gasteiger partial charge in [-0.1, -0.05) is 31.2 Å². The van der Waals surface area contributed by atoms with Crippen molar-refractivity contribution in [3.63, 3.8) is 0 Å². The SMILES string of the molecule is CSc1cc(F)cc(N(C(=O)[C@@H]2CCC(=O)N2c2nccc(C#N)n2)[C@H](C(=O)NC2CC(F)(F)C2)[C@]2(C)C=CC=CC2Cl)c1. The van der Waals surface area contributed by atoms with Crippen LogP contribution in [0.5, 0.6) is 0 Å². The number of nitriles is 1. The van der Waals surface area contributed by atoms with Crippen LogP contribution in [0.2, 0.25) is 0 Å². The molecule has 2 aliphatic carbocycles. The maximum Gasteiger partial charge on any atom is 0.252 e. The highest BCUT2D eigenvalue weighted by Crippen LogP contribution is 2.43. The van der Waals surface area contributed by atoms with Gasteiger partial charge in [0.15, 0.2) is 0 Å². The number of benzene rings is 1. The first kappa shape index (κ1) is 31.5. The Labute approximate surface area is 261 Å². The average molecular weight is 645 g/mol. The Hall–Kier alpha value is -3.89. The molecule has 1 aromatic carbocycles. The number of amides is 3. The second kappa shape index (κ2) is 12.2. The molecule has 3 amide bonds. The number of aromatic nitrogens is 2. The van der Waals surface area contributed by atoms with Gasteiger partial charge >= 0.3 is 0 Å². The van der Waals surface area contributed by atoms with E-state index < -0.39 is 71.2 Å². The molecule has 1 aliphatic heterocycles. The van der Waals surface area contributed by atoms with Crippen molar-refractivity contribution in [3.8, 4) is 6.07 Å². The predicted octanol–water partition coefficient (Wildman–Crippen LogP) is 4.76. The van der Waals surface area contributed by atoms with Crippen molar-refractivity contribution < 1.29 is 27.6 Å². The van der Waals surface area contributed by atoms with E-state index in [4.69, 9.17) is 11.6 Å². The summed E-state index contributed by atoms with van der Waals surface area (Å²) in [4.78, 5) is 52.9. The summed E-state index contributed by atoms with van der Waals surface area (Å²) in [6.45, 7) is 1.65. The summed E-state index contributed by atoms with van der Waals surface area (Å²) in [7, 11) is 0. The van der Waals surface area contributed by atoms with Crippen molar-refractivity contribution in [2.75, 3.05) is 16.1 Å². The normalized spacial score (nSPS) is 24.8. The number of nitrogens with one attached hydrogen (secondary N) is 1. The lowest BCUT2D eigenvalue weighted by Crippen LogP contribution is -2.64. The second-order valence-electron chi connectivity index (χ2n) is 11.1. The highest BCUT2D eigenvalue weighted by Gasteiger charge is 2.53. The number of anilines is 2. The molecule has 44 heavy (non-hydrogen) atoms. The van der Waals surface area contributed by atoms with Gasteiger partial charge in [0, 0.05) is 47.5 Å². The van der Waals surface area contributed by atoms with Gasteiger partial charge in [-0.15, -0.1) is 23.4 Å². The zero-order valence-electron chi connectivity index (χ0n) is 23.7. The molecule has 1 saturated heterocycles. The fraction of sp³-hybridized carbons (Fsp3) is 0.400. The van der Waals surface area contributed by atoms with Gasteiger partial charge in [-0.25, -0.2) is 23.1 Å². The third-order valence-corrected chi connectivity index (χ3v) is 9.37. The van der Waals surface area contributed by atoms with Crippen LogP contribution in [0.1, 0.15) is 38.3 Å². The van der Waals surface area contributed by atoms with Gasteiger partial charge in [-0.3, -0.25) is 24.2 Å². The summed E-state index contributed by atoms with van der Waals surface area (Å²) in [6.07, 6.45) is 8.44. The summed E-state index contributed by atoms with van der Waals surface area (Å²) in [5.74, 6) is -5.78. The van der Waals surface area contributed by atoms with E-state index in [2.05, 4.69) is 15.3 Å². The minimum absolute atomic E-state index is 0.0116. The van der Waals surface area contributed by atoms with E-state index in [1.807, 2.05) is 6.07 Å². The largest absolute Gasteiger partial charge is 0.351 e. The third-order valence-electron chi connectivity index (χ3n) is 8.05. The number of hydrogen-bond donors (Lipinski definition) is 1. The first-order chi connectivity index (χ1) is 20.9. The van der Waals surface area contributed by atoms with Gasteiger partial charge in [0.1, 0.15) is 29.7 Å². The monoisotopic (exact) mass is 644 g/mol. The Balaban J connectivity index is 1.65. The van der Waals surface area contributed by atoms with Gasteiger partial charge in [0.25, 0.3) is 11.8 Å². The molecule has 3 aliphatic rings. The van der Waals surface area contributed by atoms with E-state index in [-0.39, 0.29) is 30.2 Å². The van der Waals surface area contributed by atoms with Gasteiger partial charge < -0.3 is 5.32 Å². The van der Waals surface area contributed by atoms with E-state index in [1.54, 1.807) is 37.5 Å². The van der Waals surface area contributed by atoms with E-state index in [0.717, 1.165) is 15.9 Å². The first-order valence-corrected chi connectivity index (χ1v) is 15.4. The Bertz CT molecular complexity index is 1590. The van der Waals surface area contributed by atoms with Crippen molar-refractivity contribution in [1.29, 1.82) is 5.26 Å². The molecule has 5 rings (SSSR count). The van der Waals surface area contributed by atoms with Crippen LogP contribution in [-0.2, 0) is 14.4 Å². The molecule has 1 saturated carbocycles. The lowest BCUT2D eigenvalue weighted by atomic mass is 9.74. The molecule has 2 fully saturated rings. The molecule has 0 spiro atoms. The minimum atomic E-state index is -2.92. The summed E-state index contributed by atoms with van der Waals surface area (Å²) < 4.78 is 42.5. The lowest BCUT2D eigenvalue weighted by Gasteiger charge is -2.46. The number of carbonyl (C=O) groups excluding carboxylic acids is 3. The zero-order chi connectivity index (χ0) is 31.8. The van der Waals surface area contributed by atoms with E-state index >= 15 is 4.39 Å². The molecule has 1 N–H and O–H groups in total. The molecule has 0 radical (unpaired) electrons. The van der Waals surface area contributed by atoms with E-state index in [9.17, 15) is 28.4 Å². The van der Waals surface area contributed by atoms with Gasteiger partial charge in [-0.05, 0) is 36.9 Å². The second-order valence-corrected chi connectivity index (χ2v) is 12.5. The number of allylic oxidation sites excluding steroid dienone is 3. The van der Waals surface area contributed by atoms with Crippen LogP contribution < -0.4 is 15.1 Å². The maximum absolute atomic E-state index is 15.0. The Morgan fingerprint density at radius 2 is 2.02 bits per heavy atom. The van der Waals surface area contributed by atoms with Crippen LogP contribution in [-0.4, -0.2) is 63.4 Å². The van der Waals surface area contributed by atoms with Gasteiger partial charge in [-0.2, -0.15) is 5.26 Å². The number of hydrogen-bond acceptors (Lipinski definition) is 7. The predicted molar refractivity (Wildman–Crippen MR) is 159 cm³/mol. The summed E-state index contributed by atoms with van der Waals surface area (Å²) in [6, 6.07) is 3.57. The zero-order valence-corrected chi connectivity index (χ0v) is 25.3. The standard InChI is InChI=1S/C30H28ClF3N6O3S/c1-29(9-4-3-5-23(29)31)25(26(42)37-19-14-30(33,34)15-19)39(20-11-17(32)12-21(13-20)44-2)27(43)22-6-7-24(41)40(22)28-36-10-8-18(16-35)38-28/h3-5,8-13,19,22-23,25H,6-7,14-15H2,1-2H3,(H,37,42)/t22-,23?,25+,29+/m0/s1. The van der Waals surface area contributed by atoms with Gasteiger partial charge in [0.2, 0.25) is 17.8 Å². The molecule has 4 atom stereocenters. The van der Waals surface area contributed by atoms with E-state index in [1.165, 1.54) is 36.2 Å². The number of alkyl halides is 3. The van der Waals surface area contributed by atoms with Crippen LogP contribution >= 0.6 is 23.4 Å². The van der Waals surface area contributed by atoms with Crippen molar-refractivity contribution in [2.45, 2.75) is 66.9 Å². The van der Waals surface area contributed by atoms with E-state index in [0.29, 0.717) is 4.90 Å². The van der Waals surface area contributed by atoms with Crippen LogP contribution in [0.3, 0.4) is 0 Å². The lowest BCUT2D eigenvalue weighted by molar-refractivity contribution is -0.134. The Kier molecular flexibility index (Phi) is 8.77. The van der Waals surface area contributed by atoms with Crippen LogP contribution in [0.25, 0.3) is 0 Å². The van der Waals surface area contributed by atoms with Crippen LogP contribution in [0.4, 0.5) is 24.8 Å². The molecule has 1 aromatic heterocycles. The minimum Gasteiger partial charge on any atom is -0.351 e. The molecule has 230 valence electrons. The summed E-state index contributed by atoms with van der Waals surface area (Å²) >= 11 is 8.00. The highest BCUT2D eigenvalue weighted by atomic mass is 35.5. The Morgan fingerprint density at radius 3 is 2.68 bits per heavy atom. The van der Waals surface area contributed by atoms with Gasteiger partial charge in [0.05, 0.1) is 5.38 Å². The summed E-state index contributed by atoms with van der Waals surface area (Å²) in [5, 5.41) is 11.2. The molecule has 2 aromatic rings. The van der Waals surface area contributed by atoms with Crippen molar-refractivity contribution in [3.05, 3.63) is 66.3 Å². The fourth-order valence-electron chi connectivity index (χ4n) is 5.75. The van der Waals surface area contributed by atoms with Crippen molar-refractivity contribution in [2.24, 2.45) is 5.41 Å². The highest BCUT2D eigenvalue weighted by molar-refractivity contribution is 7.98. The van der Waals surface area contributed by atoms with Crippen molar-refractivity contribution >= 4 is 52.7 Å². The molecular formula is C30H28ClF3N6O3S. The number of thioether (sulfide) groups is 1. The molecule has 1 unspecified atom stereocenters. The summed E-state index contributed by atoms with van der Waals surface area (Å²) in [5.41, 5.74) is -1.32. The molecule has 14 heteroatoms. The fourth-order valence-corrected chi connectivity index (χ4v) is 6.50. The molecule has 9 nitrogen and oxygen atoms in total. The smallest absolute Gasteiger partial charge is 0.252 e. The van der Waals surface area contributed by atoms with Crippen molar-refractivity contribution in [1.82, 2.24) is 15.3 Å². The van der Waals surface area contributed by atoms with Crippen LogP contribution in [0.15, 0.2) is 59.7 Å². The topological polar surface area (TPSA) is 119 Å².